The second kappa shape index (κ2) is 9.30. The number of hydrogen-bond donors (Lipinski definition) is 0. The first kappa shape index (κ1) is 22.3. The number of fused-ring (bicyclic) bond motifs is 1. The Balaban J connectivity index is 1.63. The summed E-state index contributed by atoms with van der Waals surface area (Å²) in [6, 6.07) is 13.2. The molecule has 4 rings (SSSR count). The monoisotopic (exact) mass is 448 g/mol. The van der Waals surface area contributed by atoms with Crippen LogP contribution in [0, 0.1) is 40.9 Å². The summed E-state index contributed by atoms with van der Waals surface area (Å²) < 4.78 is 70.9. The van der Waals surface area contributed by atoms with E-state index in [2.05, 4.69) is 18.4 Å². The summed E-state index contributed by atoms with van der Waals surface area (Å²) in [5.74, 6) is 1.29. The molecule has 5 heteroatoms. The van der Waals surface area contributed by atoms with Gasteiger partial charge in [-0.25, -0.2) is 22.0 Å². The van der Waals surface area contributed by atoms with E-state index >= 15 is 0 Å². The summed E-state index contributed by atoms with van der Waals surface area (Å²) in [5, 5.41) is 0.578. The van der Waals surface area contributed by atoms with Crippen molar-refractivity contribution >= 4 is 10.8 Å². The second-order valence-electron chi connectivity index (χ2n) is 7.50. The molecule has 4 aromatic rings. The highest BCUT2D eigenvalue weighted by Crippen LogP contribution is 2.29. The topological polar surface area (TPSA) is 0 Å². The zero-order valence-corrected chi connectivity index (χ0v) is 17.4. The lowest BCUT2D eigenvalue weighted by Gasteiger charge is -2.09. The van der Waals surface area contributed by atoms with Crippen LogP contribution in [0.5, 0.6) is 0 Å². The Morgan fingerprint density at radius 2 is 1.48 bits per heavy atom. The van der Waals surface area contributed by atoms with Crippen molar-refractivity contribution < 1.29 is 22.0 Å². The van der Waals surface area contributed by atoms with Crippen molar-refractivity contribution in [1.29, 1.82) is 0 Å². The number of allylic oxidation sites excluding steroid dienone is 1. The van der Waals surface area contributed by atoms with E-state index in [0.29, 0.717) is 29.4 Å². The van der Waals surface area contributed by atoms with Gasteiger partial charge in [0, 0.05) is 10.9 Å². The minimum absolute atomic E-state index is 0.0348. The first-order valence-electron chi connectivity index (χ1n) is 10.2. The molecule has 0 nitrogen and oxygen atoms in total. The fourth-order valence-corrected chi connectivity index (χ4v) is 3.57. The average Bonchev–Trinajstić information content (AvgIpc) is 2.79. The predicted molar refractivity (Wildman–Crippen MR) is 120 cm³/mol. The van der Waals surface area contributed by atoms with E-state index in [-0.39, 0.29) is 22.1 Å². The Kier molecular flexibility index (Phi) is 6.28. The smallest absolute Gasteiger partial charge is 0.166 e. The Morgan fingerprint density at radius 3 is 2.18 bits per heavy atom. The number of rotatable bonds is 4. The maximum absolute atomic E-state index is 14.6. The minimum atomic E-state index is -0.943. The van der Waals surface area contributed by atoms with E-state index in [4.69, 9.17) is 0 Å². The Labute approximate surface area is 188 Å². The molecule has 4 aromatic carbocycles. The minimum Gasteiger partial charge on any atom is -0.206 e. The van der Waals surface area contributed by atoms with Gasteiger partial charge in [0.05, 0.1) is 11.1 Å². The molecule has 0 unspecified atom stereocenters. The molecule has 33 heavy (non-hydrogen) atoms. The average molecular weight is 448 g/mol. The van der Waals surface area contributed by atoms with Crippen molar-refractivity contribution in [3.63, 3.8) is 0 Å². The zero-order chi connectivity index (χ0) is 23.5. The third-order valence-corrected chi connectivity index (χ3v) is 5.25. The number of aryl methyl sites for hydroxylation is 1. The van der Waals surface area contributed by atoms with Crippen molar-refractivity contribution in [3.05, 3.63) is 119 Å². The van der Waals surface area contributed by atoms with Crippen molar-refractivity contribution in [3.8, 4) is 23.0 Å². The molecule has 0 N–H and O–H groups in total. The zero-order valence-electron chi connectivity index (χ0n) is 17.4. The highest BCUT2D eigenvalue weighted by molar-refractivity contribution is 5.84. The van der Waals surface area contributed by atoms with Crippen molar-refractivity contribution in [2.45, 2.75) is 12.8 Å². The van der Waals surface area contributed by atoms with Crippen LogP contribution in [0.15, 0.2) is 73.3 Å². The molecular weight excluding hydrogens is 431 g/mol. The van der Waals surface area contributed by atoms with Crippen LogP contribution in [0.4, 0.5) is 22.0 Å². The molecule has 0 amide bonds. The molecule has 0 aliphatic rings. The van der Waals surface area contributed by atoms with E-state index in [1.807, 2.05) is 0 Å². The first-order chi connectivity index (χ1) is 15.9. The predicted octanol–water partition coefficient (Wildman–Crippen LogP) is 7.72. The van der Waals surface area contributed by atoms with E-state index in [9.17, 15) is 22.0 Å². The van der Waals surface area contributed by atoms with Crippen LogP contribution in [0.2, 0.25) is 0 Å². The second-order valence-corrected chi connectivity index (χ2v) is 7.50. The van der Waals surface area contributed by atoms with Crippen LogP contribution in [0.25, 0.3) is 21.9 Å². The van der Waals surface area contributed by atoms with Crippen molar-refractivity contribution in [2.75, 3.05) is 0 Å². The molecule has 0 aliphatic carbocycles. The standard InChI is InChI=1S/C28H17F5/c1-2-3-4-18-14-25(31)27(26(32)15-18)21-9-8-19(24(30)16-21)7-5-17-6-11-22-20(13-17)10-12-23(29)28(22)33/h2,6,8-16H,1,3-4H2. The summed E-state index contributed by atoms with van der Waals surface area (Å²) >= 11 is 0. The number of halogens is 5. The maximum Gasteiger partial charge on any atom is 0.166 e. The molecule has 0 heterocycles. The van der Waals surface area contributed by atoms with Crippen LogP contribution in [0.1, 0.15) is 23.1 Å². The third-order valence-electron chi connectivity index (χ3n) is 5.25. The van der Waals surface area contributed by atoms with Crippen molar-refractivity contribution in [1.82, 2.24) is 0 Å². The third kappa shape index (κ3) is 4.65. The highest BCUT2D eigenvalue weighted by atomic mass is 19.2. The lowest BCUT2D eigenvalue weighted by atomic mass is 9.99. The molecule has 0 fully saturated rings. The van der Waals surface area contributed by atoms with Gasteiger partial charge in [-0.1, -0.05) is 36.1 Å². The molecule has 0 aliphatic heterocycles. The van der Waals surface area contributed by atoms with Gasteiger partial charge in [-0.15, -0.1) is 6.58 Å². The molecule has 164 valence electrons. The van der Waals surface area contributed by atoms with Gasteiger partial charge < -0.3 is 0 Å². The SMILES string of the molecule is C=CCCc1cc(F)c(-c2ccc(C#Cc3ccc4c(F)c(F)ccc4c3)c(F)c2)c(F)c1. The largest absolute Gasteiger partial charge is 0.206 e. The quantitative estimate of drug-likeness (QED) is 0.170. The Hall–Kier alpha value is -3.91. The normalized spacial score (nSPS) is 10.7. The fourth-order valence-electron chi connectivity index (χ4n) is 3.57. The van der Waals surface area contributed by atoms with Crippen LogP contribution >= 0.6 is 0 Å². The van der Waals surface area contributed by atoms with Crippen LogP contribution < -0.4 is 0 Å². The maximum atomic E-state index is 14.6. The molecule has 0 radical (unpaired) electrons. The van der Waals surface area contributed by atoms with Gasteiger partial charge >= 0.3 is 0 Å². The van der Waals surface area contributed by atoms with Gasteiger partial charge in [0.15, 0.2) is 11.6 Å². The molecule has 0 bridgehead atoms. The summed E-state index contributed by atoms with van der Waals surface area (Å²) in [7, 11) is 0. The van der Waals surface area contributed by atoms with E-state index in [1.165, 1.54) is 42.5 Å². The first-order valence-corrected chi connectivity index (χ1v) is 10.2. The van der Waals surface area contributed by atoms with Gasteiger partial charge in [0.25, 0.3) is 0 Å². The fraction of sp³-hybridized carbons (Fsp3) is 0.0714. The molecule has 0 atom stereocenters. The lowest BCUT2D eigenvalue weighted by molar-refractivity contribution is 0.517. The van der Waals surface area contributed by atoms with Gasteiger partial charge in [-0.05, 0) is 71.8 Å². The Morgan fingerprint density at radius 1 is 0.727 bits per heavy atom. The van der Waals surface area contributed by atoms with Crippen LogP contribution in [0.3, 0.4) is 0 Å². The van der Waals surface area contributed by atoms with E-state index in [1.54, 1.807) is 12.1 Å². The van der Waals surface area contributed by atoms with Crippen molar-refractivity contribution in [2.24, 2.45) is 0 Å². The highest BCUT2D eigenvalue weighted by Gasteiger charge is 2.15. The summed E-state index contributed by atoms with van der Waals surface area (Å²) in [4.78, 5) is 0. The van der Waals surface area contributed by atoms with Crippen LogP contribution in [-0.4, -0.2) is 0 Å². The molecule has 0 aromatic heterocycles. The number of benzene rings is 4. The molecule has 0 spiro atoms. The Bertz CT molecular complexity index is 1420. The van der Waals surface area contributed by atoms with Crippen LogP contribution in [-0.2, 0) is 6.42 Å². The van der Waals surface area contributed by atoms with E-state index in [0.717, 1.165) is 12.1 Å². The number of hydrogen-bond acceptors (Lipinski definition) is 0. The summed E-state index contributed by atoms with van der Waals surface area (Å²) in [5.41, 5.74) is 0.762. The van der Waals surface area contributed by atoms with E-state index < -0.39 is 29.1 Å². The molecule has 0 saturated heterocycles. The van der Waals surface area contributed by atoms with Gasteiger partial charge in [-0.2, -0.15) is 0 Å². The van der Waals surface area contributed by atoms with Gasteiger partial charge in [0.2, 0.25) is 0 Å². The summed E-state index contributed by atoms with van der Waals surface area (Å²) in [6.45, 7) is 3.59. The van der Waals surface area contributed by atoms with Gasteiger partial charge in [-0.3, -0.25) is 0 Å². The molecular formula is C28H17F5. The van der Waals surface area contributed by atoms with Gasteiger partial charge in [0.1, 0.15) is 17.5 Å². The summed E-state index contributed by atoms with van der Waals surface area (Å²) in [6.07, 6.45) is 2.70. The lowest BCUT2D eigenvalue weighted by Crippen LogP contribution is -1.96. The molecule has 0 saturated carbocycles.